The number of rotatable bonds is 6. The predicted molar refractivity (Wildman–Crippen MR) is 127 cm³/mol. The molecule has 162 valence electrons. The first kappa shape index (κ1) is 20.8. The number of anilines is 1. The number of nitrogens with one attached hydrogen (secondary N) is 1. The molecule has 1 amide bonds. The molecule has 0 radical (unpaired) electrons. The summed E-state index contributed by atoms with van der Waals surface area (Å²) < 4.78 is 2.80. The summed E-state index contributed by atoms with van der Waals surface area (Å²) in [6, 6.07) is 11.6. The molecule has 0 unspecified atom stereocenters. The molecule has 3 aromatic heterocycles. The molecule has 4 aromatic rings. The van der Waals surface area contributed by atoms with Crippen LogP contribution in [0.15, 0.2) is 58.6 Å². The monoisotopic (exact) mass is 463 g/mol. The molecule has 0 atom stereocenters. The summed E-state index contributed by atoms with van der Waals surface area (Å²) in [5.74, 6) is 0.0322. The number of para-hydroxylation sites is 1. The van der Waals surface area contributed by atoms with Crippen molar-refractivity contribution in [1.82, 2.24) is 19.5 Å². The fraction of sp³-hybridized carbons (Fsp3) is 0.261. The molecule has 5 rings (SSSR count). The maximum Gasteiger partial charge on any atom is 0.349 e. The molecule has 0 fully saturated rings. The third kappa shape index (κ3) is 4.44. The van der Waals surface area contributed by atoms with E-state index in [1.165, 1.54) is 23.1 Å². The molecule has 32 heavy (non-hydrogen) atoms. The fourth-order valence-electron chi connectivity index (χ4n) is 3.92. The van der Waals surface area contributed by atoms with Gasteiger partial charge in [-0.15, -0.1) is 0 Å². The van der Waals surface area contributed by atoms with Gasteiger partial charge in [-0.3, -0.25) is 14.3 Å². The summed E-state index contributed by atoms with van der Waals surface area (Å²) in [5, 5.41) is 4.13. The van der Waals surface area contributed by atoms with Crippen LogP contribution in [-0.2, 0) is 24.2 Å². The maximum absolute atomic E-state index is 12.9. The van der Waals surface area contributed by atoms with Gasteiger partial charge in [0.2, 0.25) is 5.91 Å². The molecule has 0 aliphatic heterocycles. The van der Waals surface area contributed by atoms with Crippen molar-refractivity contribution in [2.75, 3.05) is 11.1 Å². The van der Waals surface area contributed by atoms with E-state index in [2.05, 4.69) is 20.3 Å². The lowest BCUT2D eigenvalue weighted by Gasteiger charge is -2.22. The number of aromatic nitrogens is 4. The van der Waals surface area contributed by atoms with Crippen LogP contribution in [-0.4, -0.2) is 31.2 Å². The van der Waals surface area contributed by atoms with E-state index in [9.17, 15) is 9.59 Å². The number of amides is 1. The number of fused-ring (bicyclic) bond motifs is 2. The number of benzene rings is 1. The van der Waals surface area contributed by atoms with Crippen LogP contribution in [0.2, 0.25) is 0 Å². The lowest BCUT2D eigenvalue weighted by Crippen LogP contribution is -2.30. The van der Waals surface area contributed by atoms with Gasteiger partial charge in [0, 0.05) is 23.7 Å². The van der Waals surface area contributed by atoms with Crippen molar-refractivity contribution >= 4 is 44.4 Å². The highest BCUT2D eigenvalue weighted by Crippen LogP contribution is 2.29. The standard InChI is InChI=1S/C23H21N5O2S2/c29-20(26-22-25-17-6-2-4-8-19(17)32-22)14-31-21-16-5-1-3-7-18(16)28(23(30)27-21)13-15-9-11-24-12-10-15/h2,4,6,8-12H,1,3,5,7,13-14H2,(H,25,26,29). The number of hydrogen-bond acceptors (Lipinski definition) is 7. The number of thioether (sulfide) groups is 1. The van der Waals surface area contributed by atoms with Gasteiger partial charge >= 0.3 is 5.69 Å². The number of thiazole rings is 1. The molecule has 3 heterocycles. The minimum absolute atomic E-state index is 0.152. The zero-order chi connectivity index (χ0) is 21.9. The number of pyridine rings is 1. The van der Waals surface area contributed by atoms with Crippen LogP contribution in [0.5, 0.6) is 0 Å². The first-order valence-corrected chi connectivity index (χ1v) is 12.3. The van der Waals surface area contributed by atoms with Gasteiger partial charge in [0.25, 0.3) is 0 Å². The van der Waals surface area contributed by atoms with Gasteiger partial charge in [-0.1, -0.05) is 35.2 Å². The highest BCUT2D eigenvalue weighted by molar-refractivity contribution is 8.00. The molecule has 1 aliphatic rings. The molecule has 0 bridgehead atoms. The Morgan fingerprint density at radius 2 is 1.91 bits per heavy atom. The Labute approximate surface area is 193 Å². The molecule has 1 N–H and O–H groups in total. The molecular weight excluding hydrogens is 442 g/mol. The Bertz CT molecular complexity index is 1300. The number of carbonyl (C=O) groups is 1. The van der Waals surface area contributed by atoms with E-state index in [-0.39, 0.29) is 17.3 Å². The van der Waals surface area contributed by atoms with Crippen LogP contribution in [0.1, 0.15) is 29.7 Å². The van der Waals surface area contributed by atoms with Crippen molar-refractivity contribution in [2.45, 2.75) is 37.3 Å². The Morgan fingerprint density at radius 3 is 2.75 bits per heavy atom. The lowest BCUT2D eigenvalue weighted by molar-refractivity contribution is -0.113. The van der Waals surface area contributed by atoms with Crippen molar-refractivity contribution in [2.24, 2.45) is 0 Å². The third-order valence-electron chi connectivity index (χ3n) is 5.42. The van der Waals surface area contributed by atoms with Gasteiger partial charge < -0.3 is 5.32 Å². The van der Waals surface area contributed by atoms with E-state index in [0.29, 0.717) is 16.7 Å². The van der Waals surface area contributed by atoms with Crippen molar-refractivity contribution < 1.29 is 4.79 Å². The topological polar surface area (TPSA) is 89.8 Å². The van der Waals surface area contributed by atoms with Crippen molar-refractivity contribution in [3.8, 4) is 0 Å². The number of carbonyl (C=O) groups excluding carboxylic acids is 1. The minimum Gasteiger partial charge on any atom is -0.301 e. The molecule has 1 aliphatic carbocycles. The van der Waals surface area contributed by atoms with Gasteiger partial charge in [0.1, 0.15) is 5.03 Å². The molecular formula is C23H21N5O2S2. The smallest absolute Gasteiger partial charge is 0.301 e. The van der Waals surface area contributed by atoms with Crippen LogP contribution in [0.4, 0.5) is 5.13 Å². The van der Waals surface area contributed by atoms with E-state index in [1.807, 2.05) is 36.4 Å². The third-order valence-corrected chi connectivity index (χ3v) is 7.39. The van der Waals surface area contributed by atoms with Crippen LogP contribution < -0.4 is 11.0 Å². The van der Waals surface area contributed by atoms with Crippen molar-refractivity contribution in [3.63, 3.8) is 0 Å². The molecule has 9 heteroatoms. The highest BCUT2D eigenvalue weighted by Gasteiger charge is 2.21. The van der Waals surface area contributed by atoms with E-state index in [1.54, 1.807) is 17.0 Å². The highest BCUT2D eigenvalue weighted by atomic mass is 32.2. The first-order chi connectivity index (χ1) is 15.7. The molecule has 0 saturated heterocycles. The summed E-state index contributed by atoms with van der Waals surface area (Å²) in [6.07, 6.45) is 7.30. The van der Waals surface area contributed by atoms with Gasteiger partial charge in [0.15, 0.2) is 5.13 Å². The second kappa shape index (κ2) is 9.22. The fourth-order valence-corrected chi connectivity index (χ4v) is 5.67. The SMILES string of the molecule is O=C(CSc1nc(=O)n(Cc2ccncc2)c2c1CCCC2)Nc1nc2ccccc2s1. The Kier molecular flexibility index (Phi) is 6.00. The summed E-state index contributed by atoms with van der Waals surface area (Å²) in [4.78, 5) is 38.3. The summed E-state index contributed by atoms with van der Waals surface area (Å²) in [5.41, 5.74) is 3.77. The second-order valence-electron chi connectivity index (χ2n) is 7.60. The van der Waals surface area contributed by atoms with Crippen molar-refractivity contribution in [1.29, 1.82) is 0 Å². The van der Waals surface area contributed by atoms with Crippen LogP contribution in [0.25, 0.3) is 10.2 Å². The Morgan fingerprint density at radius 1 is 1.09 bits per heavy atom. The normalized spacial score (nSPS) is 13.1. The van der Waals surface area contributed by atoms with Crippen LogP contribution in [0.3, 0.4) is 0 Å². The molecule has 7 nitrogen and oxygen atoms in total. The zero-order valence-electron chi connectivity index (χ0n) is 17.3. The van der Waals surface area contributed by atoms with Gasteiger partial charge in [-0.05, 0) is 55.5 Å². The summed E-state index contributed by atoms with van der Waals surface area (Å²) in [6.45, 7) is 0.486. The molecule has 0 spiro atoms. The minimum atomic E-state index is -0.267. The number of nitrogens with zero attached hydrogens (tertiary/aromatic N) is 4. The quantitative estimate of drug-likeness (QED) is 0.345. The Hall–Kier alpha value is -3.04. The van der Waals surface area contributed by atoms with E-state index < -0.39 is 0 Å². The van der Waals surface area contributed by atoms with Crippen LogP contribution in [0, 0.1) is 0 Å². The summed E-state index contributed by atoms with van der Waals surface area (Å²) in [7, 11) is 0. The second-order valence-corrected chi connectivity index (χ2v) is 9.59. The van der Waals surface area contributed by atoms with Gasteiger partial charge in [0.05, 0.1) is 22.5 Å². The largest absolute Gasteiger partial charge is 0.349 e. The Balaban J connectivity index is 1.33. The molecule has 1 aromatic carbocycles. The maximum atomic E-state index is 12.9. The van der Waals surface area contributed by atoms with Gasteiger partial charge in [-0.2, -0.15) is 4.98 Å². The van der Waals surface area contributed by atoms with Crippen molar-refractivity contribution in [3.05, 3.63) is 76.1 Å². The lowest BCUT2D eigenvalue weighted by atomic mass is 9.97. The van der Waals surface area contributed by atoms with E-state index in [4.69, 9.17) is 0 Å². The number of hydrogen-bond donors (Lipinski definition) is 1. The molecule has 0 saturated carbocycles. The average molecular weight is 464 g/mol. The first-order valence-electron chi connectivity index (χ1n) is 10.5. The zero-order valence-corrected chi connectivity index (χ0v) is 18.9. The van der Waals surface area contributed by atoms with E-state index in [0.717, 1.165) is 52.7 Å². The summed E-state index contributed by atoms with van der Waals surface area (Å²) >= 11 is 2.78. The average Bonchev–Trinajstić information content (AvgIpc) is 3.22. The van der Waals surface area contributed by atoms with Gasteiger partial charge in [-0.25, -0.2) is 9.78 Å². The van der Waals surface area contributed by atoms with E-state index >= 15 is 0 Å². The predicted octanol–water partition coefficient (Wildman–Crippen LogP) is 3.91. The van der Waals surface area contributed by atoms with Crippen LogP contribution >= 0.6 is 23.1 Å².